The van der Waals surface area contributed by atoms with Crippen LogP contribution >= 0.6 is 0 Å². The van der Waals surface area contributed by atoms with Crippen molar-refractivity contribution >= 4 is 5.69 Å². The molecule has 0 saturated carbocycles. The lowest BCUT2D eigenvalue weighted by Gasteiger charge is -2.09. The third-order valence-electron chi connectivity index (χ3n) is 3.15. The molecule has 1 heterocycles. The molecule has 0 bridgehead atoms. The van der Waals surface area contributed by atoms with Crippen LogP contribution in [0, 0.1) is 13.8 Å². The molecule has 0 atom stereocenters. The van der Waals surface area contributed by atoms with E-state index < -0.39 is 0 Å². The fourth-order valence-corrected chi connectivity index (χ4v) is 2.38. The van der Waals surface area contributed by atoms with Gasteiger partial charge in [0.1, 0.15) is 0 Å². The lowest BCUT2D eigenvalue weighted by molar-refractivity contribution is 0.174. The Hall–Kier alpha value is -2.16. The van der Waals surface area contributed by atoms with Gasteiger partial charge in [0.25, 0.3) is 0 Å². The zero-order valence-electron chi connectivity index (χ0n) is 11.2. The number of hydrogen-bond acceptors (Lipinski definition) is 3. The monoisotopic (exact) mass is 255 g/mol. The minimum atomic E-state index is 0.315. The second kappa shape index (κ2) is 4.84. The second-order valence-electron chi connectivity index (χ2n) is 4.92. The molecule has 1 aliphatic heterocycles. The van der Waals surface area contributed by atoms with Crippen molar-refractivity contribution in [3.8, 4) is 11.5 Å². The molecule has 0 aromatic heterocycles. The summed E-state index contributed by atoms with van der Waals surface area (Å²) in [5, 5.41) is 3.41. The van der Waals surface area contributed by atoms with Crippen LogP contribution in [0.4, 0.5) is 5.69 Å². The van der Waals surface area contributed by atoms with Gasteiger partial charge in [-0.25, -0.2) is 0 Å². The third kappa shape index (κ3) is 2.65. The lowest BCUT2D eigenvalue weighted by Crippen LogP contribution is -2.00. The van der Waals surface area contributed by atoms with Gasteiger partial charge in [-0.1, -0.05) is 29.3 Å². The summed E-state index contributed by atoms with van der Waals surface area (Å²) in [4.78, 5) is 0. The maximum atomic E-state index is 5.37. The number of aryl methyl sites for hydroxylation is 2. The molecule has 3 heteroatoms. The van der Waals surface area contributed by atoms with Gasteiger partial charge in [0.15, 0.2) is 11.5 Å². The molecule has 98 valence electrons. The van der Waals surface area contributed by atoms with E-state index in [1.807, 2.05) is 18.2 Å². The quantitative estimate of drug-likeness (QED) is 0.908. The summed E-state index contributed by atoms with van der Waals surface area (Å²) < 4.78 is 10.7. The van der Waals surface area contributed by atoms with Crippen molar-refractivity contribution in [2.45, 2.75) is 20.4 Å². The Kier molecular flexibility index (Phi) is 3.03. The van der Waals surface area contributed by atoms with Gasteiger partial charge in [-0.3, -0.25) is 0 Å². The zero-order chi connectivity index (χ0) is 13.2. The van der Waals surface area contributed by atoms with Crippen molar-refractivity contribution in [2.75, 3.05) is 12.1 Å². The Morgan fingerprint density at radius 2 is 1.68 bits per heavy atom. The molecule has 0 spiro atoms. The van der Waals surface area contributed by atoms with Gasteiger partial charge in [-0.05, 0) is 31.5 Å². The molecule has 0 fully saturated rings. The first-order valence-electron chi connectivity index (χ1n) is 6.41. The molecule has 19 heavy (non-hydrogen) atoms. The Labute approximate surface area is 113 Å². The van der Waals surface area contributed by atoms with E-state index in [9.17, 15) is 0 Å². The van der Waals surface area contributed by atoms with Crippen LogP contribution in [-0.2, 0) is 6.54 Å². The summed E-state index contributed by atoms with van der Waals surface area (Å²) in [7, 11) is 0. The molecule has 0 radical (unpaired) electrons. The molecule has 0 amide bonds. The van der Waals surface area contributed by atoms with E-state index in [1.165, 1.54) is 16.7 Å². The number of fused-ring (bicyclic) bond motifs is 1. The van der Waals surface area contributed by atoms with Crippen molar-refractivity contribution in [1.82, 2.24) is 0 Å². The number of anilines is 1. The van der Waals surface area contributed by atoms with Crippen molar-refractivity contribution in [1.29, 1.82) is 0 Å². The number of nitrogens with one attached hydrogen (secondary N) is 1. The van der Waals surface area contributed by atoms with Crippen molar-refractivity contribution < 1.29 is 9.47 Å². The first kappa shape index (κ1) is 11.9. The fraction of sp³-hybridized carbons (Fsp3) is 0.250. The van der Waals surface area contributed by atoms with E-state index in [1.54, 1.807) is 0 Å². The molecule has 3 rings (SSSR count). The van der Waals surface area contributed by atoms with Gasteiger partial charge >= 0.3 is 0 Å². The van der Waals surface area contributed by atoms with E-state index in [0.717, 1.165) is 23.7 Å². The summed E-state index contributed by atoms with van der Waals surface area (Å²) in [6.07, 6.45) is 0. The van der Waals surface area contributed by atoms with Crippen LogP contribution in [0.5, 0.6) is 11.5 Å². The standard InChI is InChI=1S/C16H17NO2/c1-11-5-12(2)7-13(6-11)9-17-14-3-4-15-16(8-14)19-10-18-15/h3-8,17H,9-10H2,1-2H3. The summed E-state index contributed by atoms with van der Waals surface area (Å²) in [5.41, 5.74) is 4.92. The highest BCUT2D eigenvalue weighted by Gasteiger charge is 2.12. The lowest BCUT2D eigenvalue weighted by atomic mass is 10.1. The maximum absolute atomic E-state index is 5.37. The SMILES string of the molecule is Cc1cc(C)cc(CNc2ccc3c(c2)OCO3)c1. The van der Waals surface area contributed by atoms with E-state index in [0.29, 0.717) is 6.79 Å². The van der Waals surface area contributed by atoms with Gasteiger partial charge in [0.05, 0.1) is 0 Å². The molecular formula is C16H17NO2. The fourth-order valence-electron chi connectivity index (χ4n) is 2.38. The van der Waals surface area contributed by atoms with Gasteiger partial charge in [-0.15, -0.1) is 0 Å². The summed E-state index contributed by atoms with van der Waals surface area (Å²) >= 11 is 0. The Bertz CT molecular complexity index is 587. The Morgan fingerprint density at radius 3 is 2.47 bits per heavy atom. The topological polar surface area (TPSA) is 30.5 Å². The van der Waals surface area contributed by atoms with Crippen LogP contribution in [-0.4, -0.2) is 6.79 Å². The first-order chi connectivity index (χ1) is 9.20. The molecule has 0 saturated heterocycles. The smallest absolute Gasteiger partial charge is 0.231 e. The van der Waals surface area contributed by atoms with Crippen molar-refractivity contribution in [3.63, 3.8) is 0 Å². The normalized spacial score (nSPS) is 12.5. The molecule has 3 nitrogen and oxygen atoms in total. The molecule has 1 N–H and O–H groups in total. The number of ether oxygens (including phenoxy) is 2. The Morgan fingerprint density at radius 1 is 0.947 bits per heavy atom. The van der Waals surface area contributed by atoms with Gasteiger partial charge in [0, 0.05) is 18.3 Å². The van der Waals surface area contributed by atoms with Crippen molar-refractivity contribution in [3.05, 3.63) is 53.1 Å². The van der Waals surface area contributed by atoms with Crippen LogP contribution < -0.4 is 14.8 Å². The van der Waals surface area contributed by atoms with Crippen LogP contribution in [0.25, 0.3) is 0 Å². The summed E-state index contributed by atoms with van der Waals surface area (Å²) in [6.45, 7) is 5.37. The van der Waals surface area contributed by atoms with E-state index in [2.05, 4.69) is 37.4 Å². The summed E-state index contributed by atoms with van der Waals surface area (Å²) in [5.74, 6) is 1.63. The van der Waals surface area contributed by atoms with Crippen LogP contribution in [0.15, 0.2) is 36.4 Å². The molecule has 0 unspecified atom stereocenters. The highest BCUT2D eigenvalue weighted by atomic mass is 16.7. The van der Waals surface area contributed by atoms with Crippen LogP contribution in [0.3, 0.4) is 0 Å². The first-order valence-corrected chi connectivity index (χ1v) is 6.41. The van der Waals surface area contributed by atoms with Crippen LogP contribution in [0.1, 0.15) is 16.7 Å². The minimum absolute atomic E-state index is 0.315. The van der Waals surface area contributed by atoms with Crippen molar-refractivity contribution in [2.24, 2.45) is 0 Å². The predicted octanol–water partition coefficient (Wildman–Crippen LogP) is 3.64. The minimum Gasteiger partial charge on any atom is -0.454 e. The number of hydrogen-bond donors (Lipinski definition) is 1. The molecule has 1 aliphatic rings. The number of rotatable bonds is 3. The Balaban J connectivity index is 1.72. The average Bonchev–Trinajstić information content (AvgIpc) is 2.82. The van der Waals surface area contributed by atoms with Gasteiger partial charge < -0.3 is 14.8 Å². The predicted molar refractivity (Wildman–Crippen MR) is 75.8 cm³/mol. The molecule has 2 aromatic carbocycles. The van der Waals surface area contributed by atoms with E-state index in [-0.39, 0.29) is 0 Å². The highest BCUT2D eigenvalue weighted by molar-refractivity contribution is 5.55. The average molecular weight is 255 g/mol. The molecule has 0 aliphatic carbocycles. The van der Waals surface area contributed by atoms with Gasteiger partial charge in [0.2, 0.25) is 6.79 Å². The second-order valence-corrected chi connectivity index (χ2v) is 4.92. The summed E-state index contributed by atoms with van der Waals surface area (Å²) in [6, 6.07) is 12.5. The zero-order valence-corrected chi connectivity index (χ0v) is 11.2. The van der Waals surface area contributed by atoms with Gasteiger partial charge in [-0.2, -0.15) is 0 Å². The van der Waals surface area contributed by atoms with E-state index >= 15 is 0 Å². The van der Waals surface area contributed by atoms with Crippen LogP contribution in [0.2, 0.25) is 0 Å². The third-order valence-corrected chi connectivity index (χ3v) is 3.15. The number of benzene rings is 2. The maximum Gasteiger partial charge on any atom is 0.231 e. The van der Waals surface area contributed by atoms with E-state index in [4.69, 9.17) is 9.47 Å². The molecule has 2 aromatic rings. The highest BCUT2D eigenvalue weighted by Crippen LogP contribution is 2.34. The molecular weight excluding hydrogens is 238 g/mol. The largest absolute Gasteiger partial charge is 0.454 e.